The first-order chi connectivity index (χ1) is 9.67. The van der Waals surface area contributed by atoms with Crippen molar-refractivity contribution in [3.8, 4) is 5.75 Å². The van der Waals surface area contributed by atoms with Gasteiger partial charge in [0.25, 0.3) is 5.91 Å². The zero-order valence-corrected chi connectivity index (χ0v) is 12.3. The number of hydrogen-bond acceptors (Lipinski definition) is 3. The van der Waals surface area contributed by atoms with Gasteiger partial charge in [-0.2, -0.15) is 0 Å². The molecule has 2 unspecified atom stereocenters. The molecule has 4 nitrogen and oxygen atoms in total. The van der Waals surface area contributed by atoms with E-state index in [0.29, 0.717) is 28.4 Å². The van der Waals surface area contributed by atoms with Crippen LogP contribution in [0.1, 0.15) is 29.6 Å². The average Bonchev–Trinajstić information content (AvgIpc) is 2.77. The Morgan fingerprint density at radius 3 is 2.95 bits per heavy atom. The van der Waals surface area contributed by atoms with Crippen molar-refractivity contribution in [3.63, 3.8) is 0 Å². The van der Waals surface area contributed by atoms with Crippen molar-refractivity contribution in [2.75, 3.05) is 20.2 Å². The Labute approximate surface area is 124 Å². The second-order valence-corrected chi connectivity index (χ2v) is 5.96. The van der Waals surface area contributed by atoms with E-state index in [-0.39, 0.29) is 5.91 Å². The van der Waals surface area contributed by atoms with Gasteiger partial charge in [-0.05, 0) is 37.5 Å². The fraction of sp³-hybridized carbons (Fsp3) is 0.533. The minimum atomic E-state index is 0.0127. The maximum absolute atomic E-state index is 12.7. The highest BCUT2D eigenvalue weighted by molar-refractivity contribution is 6.31. The number of hydrogen-bond donors (Lipinski definition) is 1. The quantitative estimate of drug-likeness (QED) is 0.910. The lowest BCUT2D eigenvalue weighted by molar-refractivity contribution is 0.0745. The molecular formula is C15H19ClN2O2. The Morgan fingerprint density at radius 2 is 2.15 bits per heavy atom. The second-order valence-electron chi connectivity index (χ2n) is 5.52. The van der Waals surface area contributed by atoms with Gasteiger partial charge in [-0.25, -0.2) is 0 Å². The van der Waals surface area contributed by atoms with Crippen LogP contribution in [0.4, 0.5) is 0 Å². The highest BCUT2D eigenvalue weighted by atomic mass is 35.5. The Balaban J connectivity index is 1.83. The maximum Gasteiger partial charge on any atom is 0.257 e. The molecular weight excluding hydrogens is 276 g/mol. The smallest absolute Gasteiger partial charge is 0.257 e. The van der Waals surface area contributed by atoms with E-state index >= 15 is 0 Å². The summed E-state index contributed by atoms with van der Waals surface area (Å²) in [7, 11) is 1.58. The van der Waals surface area contributed by atoms with E-state index in [0.717, 1.165) is 25.9 Å². The molecule has 1 aromatic rings. The molecule has 2 saturated heterocycles. The van der Waals surface area contributed by atoms with Gasteiger partial charge in [0.05, 0.1) is 12.7 Å². The number of ether oxygens (including phenoxy) is 1. The van der Waals surface area contributed by atoms with Crippen molar-refractivity contribution in [2.24, 2.45) is 0 Å². The molecule has 2 atom stereocenters. The van der Waals surface area contributed by atoms with Gasteiger partial charge in [-0.1, -0.05) is 11.6 Å². The van der Waals surface area contributed by atoms with Crippen molar-refractivity contribution in [2.45, 2.75) is 31.3 Å². The molecule has 2 fully saturated rings. The molecule has 0 saturated carbocycles. The van der Waals surface area contributed by atoms with Gasteiger partial charge in [-0.3, -0.25) is 4.79 Å². The lowest BCUT2D eigenvalue weighted by Crippen LogP contribution is -2.39. The lowest BCUT2D eigenvalue weighted by atomic mass is 10.1. The van der Waals surface area contributed by atoms with Crippen LogP contribution in [0.5, 0.6) is 5.75 Å². The molecule has 0 radical (unpaired) electrons. The summed E-state index contributed by atoms with van der Waals surface area (Å²) in [5.74, 6) is 0.598. The van der Waals surface area contributed by atoms with Crippen LogP contribution in [0.2, 0.25) is 5.02 Å². The molecule has 5 heteroatoms. The number of methoxy groups -OCH3 is 1. The summed E-state index contributed by atoms with van der Waals surface area (Å²) in [6, 6.07) is 6.18. The summed E-state index contributed by atoms with van der Waals surface area (Å²) in [6.07, 6.45) is 3.40. The summed E-state index contributed by atoms with van der Waals surface area (Å²) < 4.78 is 5.28. The molecule has 0 spiro atoms. The van der Waals surface area contributed by atoms with Crippen LogP contribution in [0.25, 0.3) is 0 Å². The number of carbonyl (C=O) groups excluding carboxylic acids is 1. The van der Waals surface area contributed by atoms with Gasteiger partial charge in [0.15, 0.2) is 0 Å². The molecule has 3 rings (SSSR count). The van der Waals surface area contributed by atoms with Crippen molar-refractivity contribution in [3.05, 3.63) is 28.8 Å². The number of rotatable bonds is 2. The Hall–Kier alpha value is -1.26. The van der Waals surface area contributed by atoms with Crippen LogP contribution < -0.4 is 10.1 Å². The molecule has 20 heavy (non-hydrogen) atoms. The Kier molecular flexibility index (Phi) is 3.85. The fourth-order valence-corrected chi connectivity index (χ4v) is 3.32. The summed E-state index contributed by atoms with van der Waals surface area (Å²) in [4.78, 5) is 14.6. The van der Waals surface area contributed by atoms with E-state index in [1.54, 1.807) is 25.3 Å². The number of benzene rings is 1. The first kappa shape index (κ1) is 13.7. The Morgan fingerprint density at radius 1 is 1.35 bits per heavy atom. The second kappa shape index (κ2) is 5.62. The van der Waals surface area contributed by atoms with Gasteiger partial charge in [0.2, 0.25) is 0 Å². The molecule has 108 valence electrons. The average molecular weight is 295 g/mol. The number of fused-ring (bicyclic) bond motifs is 2. The molecule has 2 heterocycles. The van der Waals surface area contributed by atoms with Crippen LogP contribution in [0.15, 0.2) is 18.2 Å². The van der Waals surface area contributed by atoms with Crippen LogP contribution in [0, 0.1) is 0 Å². The zero-order valence-electron chi connectivity index (χ0n) is 11.6. The minimum Gasteiger partial charge on any atom is -0.496 e. The third kappa shape index (κ3) is 2.63. The van der Waals surface area contributed by atoms with Crippen molar-refractivity contribution in [1.82, 2.24) is 10.2 Å². The normalized spacial score (nSPS) is 25.4. The molecule has 1 N–H and O–H groups in total. The van der Waals surface area contributed by atoms with Gasteiger partial charge in [0.1, 0.15) is 5.75 Å². The lowest BCUT2D eigenvalue weighted by Gasteiger charge is -2.25. The molecule has 2 aliphatic heterocycles. The molecule has 1 aromatic carbocycles. The monoisotopic (exact) mass is 294 g/mol. The number of carbonyl (C=O) groups is 1. The standard InChI is InChI=1S/C15H19ClN2O2/c1-20-14-5-2-10(16)8-13(14)15(19)18-7-6-11-3-4-12(9-18)17-11/h2,5,8,11-12,17H,3-4,6-7,9H2,1H3. The highest BCUT2D eigenvalue weighted by Gasteiger charge is 2.32. The third-order valence-electron chi connectivity index (χ3n) is 4.20. The topological polar surface area (TPSA) is 41.6 Å². The summed E-state index contributed by atoms with van der Waals surface area (Å²) in [5, 5.41) is 4.14. The fourth-order valence-electron chi connectivity index (χ4n) is 3.15. The molecule has 0 aromatic heterocycles. The van der Waals surface area contributed by atoms with Crippen LogP contribution >= 0.6 is 11.6 Å². The maximum atomic E-state index is 12.7. The highest BCUT2D eigenvalue weighted by Crippen LogP contribution is 2.26. The zero-order chi connectivity index (χ0) is 14.1. The van der Waals surface area contributed by atoms with E-state index in [1.165, 1.54) is 6.42 Å². The van der Waals surface area contributed by atoms with Gasteiger partial charge >= 0.3 is 0 Å². The number of halogens is 1. The summed E-state index contributed by atoms with van der Waals surface area (Å²) in [6.45, 7) is 1.56. The van der Waals surface area contributed by atoms with Gasteiger partial charge in [0, 0.05) is 30.2 Å². The number of amides is 1. The van der Waals surface area contributed by atoms with Gasteiger partial charge < -0.3 is 15.0 Å². The van der Waals surface area contributed by atoms with E-state index in [4.69, 9.17) is 16.3 Å². The van der Waals surface area contributed by atoms with E-state index in [2.05, 4.69) is 5.32 Å². The van der Waals surface area contributed by atoms with E-state index < -0.39 is 0 Å². The predicted octanol–water partition coefficient (Wildman–Crippen LogP) is 2.32. The third-order valence-corrected chi connectivity index (χ3v) is 4.44. The molecule has 1 amide bonds. The Bertz CT molecular complexity index is 521. The number of likely N-dealkylation sites (tertiary alicyclic amines) is 1. The number of nitrogens with one attached hydrogen (secondary N) is 1. The van der Waals surface area contributed by atoms with Crippen molar-refractivity contribution in [1.29, 1.82) is 0 Å². The predicted molar refractivity (Wildman–Crippen MR) is 78.5 cm³/mol. The first-order valence-corrected chi connectivity index (χ1v) is 7.44. The molecule has 2 bridgehead atoms. The van der Waals surface area contributed by atoms with Crippen LogP contribution in [-0.4, -0.2) is 43.1 Å². The largest absolute Gasteiger partial charge is 0.496 e. The van der Waals surface area contributed by atoms with Crippen molar-refractivity contribution >= 4 is 17.5 Å². The SMILES string of the molecule is COc1ccc(Cl)cc1C(=O)N1CCC2CCC(C1)N2. The minimum absolute atomic E-state index is 0.0127. The van der Waals surface area contributed by atoms with Crippen molar-refractivity contribution < 1.29 is 9.53 Å². The molecule has 0 aliphatic carbocycles. The number of nitrogens with zero attached hydrogens (tertiary/aromatic N) is 1. The first-order valence-electron chi connectivity index (χ1n) is 7.06. The van der Waals surface area contributed by atoms with Crippen LogP contribution in [0.3, 0.4) is 0 Å². The van der Waals surface area contributed by atoms with Crippen LogP contribution in [-0.2, 0) is 0 Å². The van der Waals surface area contributed by atoms with E-state index in [9.17, 15) is 4.79 Å². The summed E-state index contributed by atoms with van der Waals surface area (Å²) in [5.41, 5.74) is 0.553. The molecule has 2 aliphatic rings. The summed E-state index contributed by atoms with van der Waals surface area (Å²) >= 11 is 6.01. The van der Waals surface area contributed by atoms with E-state index in [1.807, 2.05) is 4.90 Å². The van der Waals surface area contributed by atoms with Gasteiger partial charge in [-0.15, -0.1) is 0 Å².